The summed E-state index contributed by atoms with van der Waals surface area (Å²) in [6, 6.07) is 20.0. The molecule has 0 aliphatic rings. The number of furan rings is 1. The second kappa shape index (κ2) is 8.49. The van der Waals surface area contributed by atoms with E-state index in [1.165, 1.54) is 0 Å². The van der Waals surface area contributed by atoms with E-state index in [1.54, 1.807) is 12.0 Å². The molecule has 0 radical (unpaired) electrons. The van der Waals surface area contributed by atoms with Gasteiger partial charge >= 0.3 is 0 Å². The van der Waals surface area contributed by atoms with Gasteiger partial charge in [-0.2, -0.15) is 0 Å². The Morgan fingerprint density at radius 1 is 1.07 bits per heavy atom. The number of benzene rings is 2. The van der Waals surface area contributed by atoms with E-state index < -0.39 is 0 Å². The van der Waals surface area contributed by atoms with Crippen LogP contribution in [0.1, 0.15) is 23.5 Å². The molecule has 0 aliphatic heterocycles. The van der Waals surface area contributed by atoms with Crippen molar-refractivity contribution >= 4 is 16.8 Å². The number of methoxy groups -OCH3 is 1. The number of carbonyl (C=O) groups excluding carboxylic acids is 1. The molecule has 1 N–H and O–H groups in total. The lowest BCUT2D eigenvalue weighted by Crippen LogP contribution is -2.26. The second-order valence-corrected chi connectivity index (χ2v) is 7.51. The highest BCUT2D eigenvalue weighted by molar-refractivity contribution is 5.91. The zero-order chi connectivity index (χ0) is 21.1. The minimum Gasteiger partial charge on any atom is -0.497 e. The third kappa shape index (κ3) is 4.10. The maximum Gasteiger partial charge on any atom is 0.223 e. The Balaban J connectivity index is 1.56. The average Bonchev–Trinajstić information content (AvgIpc) is 3.35. The molecule has 0 saturated heterocycles. The number of rotatable bonds is 7. The molecule has 0 unspecified atom stereocenters. The molecule has 30 heavy (non-hydrogen) atoms. The number of hydrogen-bond donors (Lipinski definition) is 1. The van der Waals surface area contributed by atoms with Crippen LogP contribution in [-0.4, -0.2) is 29.9 Å². The van der Waals surface area contributed by atoms with E-state index in [9.17, 15) is 4.79 Å². The topological polar surface area (TPSA) is 58.5 Å². The minimum atomic E-state index is 0.0926. The highest BCUT2D eigenvalue weighted by Gasteiger charge is 2.17. The van der Waals surface area contributed by atoms with Crippen LogP contribution in [-0.2, 0) is 17.8 Å². The molecule has 0 bridgehead atoms. The van der Waals surface area contributed by atoms with E-state index in [0.29, 0.717) is 19.4 Å². The molecule has 5 nitrogen and oxygen atoms in total. The summed E-state index contributed by atoms with van der Waals surface area (Å²) in [6.45, 7) is 2.38. The van der Waals surface area contributed by atoms with Gasteiger partial charge in [0.2, 0.25) is 5.91 Å². The Labute approximate surface area is 176 Å². The van der Waals surface area contributed by atoms with Crippen molar-refractivity contribution in [2.75, 3.05) is 14.2 Å². The summed E-state index contributed by atoms with van der Waals surface area (Å²) < 4.78 is 10.9. The molecular formula is C25H26N2O3. The van der Waals surface area contributed by atoms with Crippen LogP contribution < -0.4 is 4.74 Å². The Morgan fingerprint density at radius 3 is 2.53 bits per heavy atom. The average molecular weight is 402 g/mol. The first kappa shape index (κ1) is 19.8. The van der Waals surface area contributed by atoms with Crippen LogP contribution in [0.5, 0.6) is 5.75 Å². The number of ether oxygens (including phenoxy) is 1. The molecule has 5 heteroatoms. The van der Waals surface area contributed by atoms with E-state index in [0.717, 1.165) is 45.0 Å². The van der Waals surface area contributed by atoms with E-state index in [1.807, 2.05) is 62.5 Å². The maximum absolute atomic E-state index is 12.8. The van der Waals surface area contributed by atoms with Crippen LogP contribution in [0.2, 0.25) is 0 Å². The molecule has 0 saturated carbocycles. The summed E-state index contributed by atoms with van der Waals surface area (Å²) in [5.41, 5.74) is 4.36. The van der Waals surface area contributed by atoms with Gasteiger partial charge in [-0.1, -0.05) is 18.2 Å². The Bertz CT molecular complexity index is 1150. The highest BCUT2D eigenvalue weighted by Crippen LogP contribution is 2.32. The zero-order valence-corrected chi connectivity index (χ0v) is 17.6. The first-order valence-corrected chi connectivity index (χ1v) is 10.1. The Morgan fingerprint density at radius 2 is 1.83 bits per heavy atom. The quantitative estimate of drug-likeness (QED) is 0.454. The van der Waals surface area contributed by atoms with Crippen molar-refractivity contribution in [1.29, 1.82) is 0 Å². The van der Waals surface area contributed by atoms with Gasteiger partial charge < -0.3 is 19.0 Å². The summed E-state index contributed by atoms with van der Waals surface area (Å²) in [5.74, 6) is 2.57. The smallest absolute Gasteiger partial charge is 0.223 e. The van der Waals surface area contributed by atoms with Gasteiger partial charge in [0.05, 0.1) is 13.7 Å². The highest BCUT2D eigenvalue weighted by atomic mass is 16.5. The zero-order valence-electron chi connectivity index (χ0n) is 17.6. The van der Waals surface area contributed by atoms with Gasteiger partial charge in [0, 0.05) is 30.1 Å². The lowest BCUT2D eigenvalue weighted by Gasteiger charge is -2.16. The van der Waals surface area contributed by atoms with Crippen LogP contribution in [0.3, 0.4) is 0 Å². The lowest BCUT2D eigenvalue weighted by molar-refractivity contribution is -0.130. The molecule has 2 heterocycles. The summed E-state index contributed by atoms with van der Waals surface area (Å²) in [6.07, 6.45) is 1.09. The van der Waals surface area contributed by atoms with Crippen LogP contribution >= 0.6 is 0 Å². The van der Waals surface area contributed by atoms with Gasteiger partial charge in [-0.25, -0.2) is 0 Å². The lowest BCUT2D eigenvalue weighted by atomic mass is 10.0. The van der Waals surface area contributed by atoms with Crippen LogP contribution in [0.4, 0.5) is 0 Å². The number of aromatic amines is 1. The molecule has 0 fully saturated rings. The van der Waals surface area contributed by atoms with Crippen molar-refractivity contribution in [3.63, 3.8) is 0 Å². The molecule has 2 aromatic carbocycles. The number of aryl methyl sites for hydroxylation is 2. The van der Waals surface area contributed by atoms with Gasteiger partial charge in [-0.05, 0) is 66.9 Å². The normalized spacial score (nSPS) is 11.0. The third-order valence-electron chi connectivity index (χ3n) is 5.40. The molecule has 2 aromatic heterocycles. The molecule has 4 rings (SSSR count). The number of H-pyrrole nitrogens is 1. The van der Waals surface area contributed by atoms with Crippen molar-refractivity contribution in [3.8, 4) is 17.0 Å². The molecule has 0 spiro atoms. The number of amides is 1. The second-order valence-electron chi connectivity index (χ2n) is 7.51. The fourth-order valence-corrected chi connectivity index (χ4v) is 3.78. The van der Waals surface area contributed by atoms with Gasteiger partial charge in [-0.15, -0.1) is 0 Å². The summed E-state index contributed by atoms with van der Waals surface area (Å²) in [7, 11) is 3.48. The van der Waals surface area contributed by atoms with Crippen LogP contribution in [0, 0.1) is 6.92 Å². The van der Waals surface area contributed by atoms with Gasteiger partial charge in [-0.3, -0.25) is 4.79 Å². The van der Waals surface area contributed by atoms with E-state index in [2.05, 4.69) is 17.1 Å². The SMILES string of the molecule is COc1ccc(-c2[nH]c3ccccc3c2CCC(=O)N(C)Cc2ccc(C)o2)cc1. The molecule has 154 valence electrons. The fourth-order valence-electron chi connectivity index (χ4n) is 3.78. The number of hydrogen-bond acceptors (Lipinski definition) is 3. The number of para-hydroxylation sites is 1. The van der Waals surface area contributed by atoms with E-state index >= 15 is 0 Å². The van der Waals surface area contributed by atoms with Gasteiger partial charge in [0.25, 0.3) is 0 Å². The van der Waals surface area contributed by atoms with Crippen molar-refractivity contribution in [3.05, 3.63) is 77.7 Å². The summed E-state index contributed by atoms with van der Waals surface area (Å²) >= 11 is 0. The van der Waals surface area contributed by atoms with E-state index in [4.69, 9.17) is 9.15 Å². The number of fused-ring (bicyclic) bond motifs is 1. The molecule has 4 aromatic rings. The van der Waals surface area contributed by atoms with Crippen LogP contribution in [0.25, 0.3) is 22.2 Å². The van der Waals surface area contributed by atoms with Crippen molar-refractivity contribution in [1.82, 2.24) is 9.88 Å². The summed E-state index contributed by atoms with van der Waals surface area (Å²) in [4.78, 5) is 18.0. The first-order chi connectivity index (χ1) is 14.5. The van der Waals surface area contributed by atoms with Crippen molar-refractivity contribution < 1.29 is 13.9 Å². The fraction of sp³-hybridized carbons (Fsp3) is 0.240. The molecular weight excluding hydrogens is 376 g/mol. The third-order valence-corrected chi connectivity index (χ3v) is 5.40. The number of nitrogens with zero attached hydrogens (tertiary/aromatic N) is 1. The molecule has 0 atom stereocenters. The predicted octanol–water partition coefficient (Wildman–Crippen LogP) is 5.34. The Hall–Kier alpha value is -3.47. The monoisotopic (exact) mass is 402 g/mol. The number of nitrogens with one attached hydrogen (secondary N) is 1. The summed E-state index contributed by atoms with van der Waals surface area (Å²) in [5, 5.41) is 1.15. The van der Waals surface area contributed by atoms with Gasteiger partial charge in [0.1, 0.15) is 17.3 Å². The minimum absolute atomic E-state index is 0.0926. The number of aromatic nitrogens is 1. The maximum atomic E-state index is 12.8. The standard InChI is InChI=1S/C25H26N2O3/c1-17-8-11-20(30-17)16-27(2)24(28)15-14-22-21-6-4-5-7-23(21)26-25(22)18-9-12-19(29-3)13-10-18/h4-13,26H,14-16H2,1-3H3. The van der Waals surface area contributed by atoms with Crippen molar-refractivity contribution in [2.45, 2.75) is 26.3 Å². The predicted molar refractivity (Wildman–Crippen MR) is 119 cm³/mol. The Kier molecular flexibility index (Phi) is 5.61. The first-order valence-electron chi connectivity index (χ1n) is 10.1. The molecule has 0 aliphatic carbocycles. The molecule has 1 amide bonds. The number of carbonyl (C=O) groups is 1. The largest absolute Gasteiger partial charge is 0.497 e. The van der Waals surface area contributed by atoms with Crippen LogP contribution in [0.15, 0.2) is 65.1 Å². The van der Waals surface area contributed by atoms with E-state index in [-0.39, 0.29) is 5.91 Å². The van der Waals surface area contributed by atoms with Crippen molar-refractivity contribution in [2.24, 2.45) is 0 Å². The van der Waals surface area contributed by atoms with Gasteiger partial charge in [0.15, 0.2) is 0 Å².